The minimum absolute atomic E-state index is 0.0883. The molecule has 5 nitrogen and oxygen atoms in total. The number of aromatic nitrogens is 1. The lowest BCUT2D eigenvalue weighted by Gasteiger charge is -2.33. The molecule has 2 heterocycles. The van der Waals surface area contributed by atoms with Gasteiger partial charge >= 0.3 is 6.03 Å². The molecule has 29 heavy (non-hydrogen) atoms. The number of carbonyl (C=O) groups excluding carboxylic acids is 1. The highest BCUT2D eigenvalue weighted by Crippen LogP contribution is 2.37. The van der Waals surface area contributed by atoms with Crippen molar-refractivity contribution in [1.82, 2.24) is 9.88 Å². The molecular formula is C20H16ClF2N3O2S. The number of rotatable bonds is 2. The molecule has 1 aliphatic heterocycles. The molecule has 2 amide bonds. The van der Waals surface area contributed by atoms with Crippen molar-refractivity contribution >= 4 is 45.9 Å². The SMILES string of the molecule is CN(C(=O)Nc1ccc(F)c(Cl)c1)C1CSCc2[nH]c(=O)c3cc(F)ccc3c21. The van der Waals surface area contributed by atoms with Gasteiger partial charge in [-0.3, -0.25) is 4.79 Å². The first-order valence-electron chi connectivity index (χ1n) is 8.76. The molecule has 150 valence electrons. The summed E-state index contributed by atoms with van der Waals surface area (Å²) in [4.78, 5) is 29.5. The second-order valence-corrected chi connectivity index (χ2v) is 8.17. The molecule has 2 aromatic carbocycles. The van der Waals surface area contributed by atoms with Gasteiger partial charge in [-0.1, -0.05) is 17.7 Å². The van der Waals surface area contributed by atoms with Crippen LogP contribution in [0.15, 0.2) is 41.2 Å². The molecule has 0 radical (unpaired) electrons. The topological polar surface area (TPSA) is 65.2 Å². The van der Waals surface area contributed by atoms with Gasteiger partial charge in [0.1, 0.15) is 11.6 Å². The monoisotopic (exact) mass is 435 g/mol. The van der Waals surface area contributed by atoms with Crippen LogP contribution in [-0.4, -0.2) is 28.7 Å². The first-order valence-corrected chi connectivity index (χ1v) is 10.3. The van der Waals surface area contributed by atoms with Gasteiger partial charge in [-0.05, 0) is 35.7 Å². The van der Waals surface area contributed by atoms with E-state index >= 15 is 0 Å². The Kier molecular flexibility index (Phi) is 5.23. The van der Waals surface area contributed by atoms with E-state index in [4.69, 9.17) is 11.6 Å². The summed E-state index contributed by atoms with van der Waals surface area (Å²) in [5.74, 6) is 0.138. The highest BCUT2D eigenvalue weighted by Gasteiger charge is 2.30. The number of anilines is 1. The number of thioether (sulfide) groups is 1. The van der Waals surface area contributed by atoms with Crippen LogP contribution in [0.5, 0.6) is 0 Å². The van der Waals surface area contributed by atoms with Gasteiger partial charge in [0.25, 0.3) is 5.56 Å². The number of aromatic amines is 1. The minimum atomic E-state index is -0.571. The molecule has 1 atom stereocenters. The Bertz CT molecular complexity index is 1180. The van der Waals surface area contributed by atoms with E-state index in [1.807, 2.05) is 0 Å². The number of hydrogen-bond acceptors (Lipinski definition) is 3. The predicted molar refractivity (Wildman–Crippen MR) is 112 cm³/mol. The quantitative estimate of drug-likeness (QED) is 0.601. The van der Waals surface area contributed by atoms with Crippen molar-refractivity contribution < 1.29 is 13.6 Å². The molecule has 0 aliphatic carbocycles. The Hall–Kier alpha value is -2.58. The maximum absolute atomic E-state index is 13.7. The average Bonchev–Trinajstić information content (AvgIpc) is 2.70. The molecule has 0 saturated carbocycles. The summed E-state index contributed by atoms with van der Waals surface area (Å²) in [6.07, 6.45) is 0. The van der Waals surface area contributed by atoms with Gasteiger partial charge in [0.15, 0.2) is 0 Å². The Morgan fingerprint density at radius 3 is 2.79 bits per heavy atom. The Balaban J connectivity index is 1.70. The van der Waals surface area contributed by atoms with E-state index < -0.39 is 17.7 Å². The summed E-state index contributed by atoms with van der Waals surface area (Å²) >= 11 is 7.36. The summed E-state index contributed by atoms with van der Waals surface area (Å²) in [5.41, 5.74) is 1.53. The maximum atomic E-state index is 13.7. The van der Waals surface area contributed by atoms with Crippen LogP contribution >= 0.6 is 23.4 Å². The lowest BCUT2D eigenvalue weighted by Crippen LogP contribution is -2.38. The zero-order chi connectivity index (χ0) is 20.7. The number of nitrogens with one attached hydrogen (secondary N) is 2. The normalized spacial score (nSPS) is 15.8. The summed E-state index contributed by atoms with van der Waals surface area (Å²) in [6.45, 7) is 0. The van der Waals surface area contributed by atoms with E-state index in [9.17, 15) is 18.4 Å². The van der Waals surface area contributed by atoms with Crippen molar-refractivity contribution in [3.63, 3.8) is 0 Å². The zero-order valence-corrected chi connectivity index (χ0v) is 16.8. The highest BCUT2D eigenvalue weighted by atomic mass is 35.5. The average molecular weight is 436 g/mol. The van der Waals surface area contributed by atoms with Gasteiger partial charge in [-0.25, -0.2) is 13.6 Å². The molecule has 1 aromatic heterocycles. The van der Waals surface area contributed by atoms with Crippen LogP contribution < -0.4 is 10.9 Å². The molecule has 1 aliphatic rings. The number of halogens is 3. The number of fused-ring (bicyclic) bond motifs is 3. The molecule has 2 N–H and O–H groups in total. The minimum Gasteiger partial charge on any atom is -0.324 e. The van der Waals surface area contributed by atoms with Gasteiger partial charge in [0, 0.05) is 35.5 Å². The van der Waals surface area contributed by atoms with Gasteiger partial charge < -0.3 is 15.2 Å². The third-order valence-corrected chi connectivity index (χ3v) is 6.25. The Morgan fingerprint density at radius 1 is 1.24 bits per heavy atom. The van der Waals surface area contributed by atoms with E-state index in [0.717, 1.165) is 11.3 Å². The fraction of sp³-hybridized carbons (Fsp3) is 0.200. The van der Waals surface area contributed by atoms with Crippen LogP contribution in [0.2, 0.25) is 5.02 Å². The van der Waals surface area contributed by atoms with Crippen molar-refractivity contribution in [3.8, 4) is 0 Å². The number of urea groups is 1. The van der Waals surface area contributed by atoms with Crippen LogP contribution in [0.4, 0.5) is 19.3 Å². The van der Waals surface area contributed by atoms with Crippen LogP contribution in [0, 0.1) is 11.6 Å². The van der Waals surface area contributed by atoms with Gasteiger partial charge in [-0.2, -0.15) is 11.8 Å². The number of nitrogens with zero attached hydrogens (tertiary/aromatic N) is 1. The Morgan fingerprint density at radius 2 is 2.03 bits per heavy atom. The third kappa shape index (κ3) is 3.70. The van der Waals surface area contributed by atoms with Crippen molar-refractivity contribution in [3.05, 3.63) is 74.7 Å². The number of benzene rings is 2. The summed E-state index contributed by atoms with van der Waals surface area (Å²) < 4.78 is 27.0. The molecule has 0 fully saturated rings. The third-order valence-electron chi connectivity index (χ3n) is 4.92. The number of hydrogen-bond donors (Lipinski definition) is 2. The number of pyridine rings is 1. The Labute approximate surface area is 174 Å². The van der Waals surface area contributed by atoms with E-state index in [1.165, 1.54) is 35.2 Å². The molecule has 1 unspecified atom stereocenters. The van der Waals surface area contributed by atoms with E-state index in [1.54, 1.807) is 24.9 Å². The molecule has 3 aromatic rings. The largest absolute Gasteiger partial charge is 0.324 e. The summed E-state index contributed by atoms with van der Waals surface area (Å²) in [5, 5.41) is 3.49. The number of amides is 2. The standard InChI is InChI=1S/C20H16ClF2N3O2S/c1-26(20(28)24-11-3-5-15(23)14(21)7-11)17-9-29-8-16-18(17)12-4-2-10(22)6-13(12)19(27)25-16/h2-7,17H,8-9H2,1H3,(H,24,28)(H,25,27). The summed E-state index contributed by atoms with van der Waals surface area (Å²) in [7, 11) is 1.64. The van der Waals surface area contributed by atoms with E-state index in [-0.39, 0.29) is 22.0 Å². The van der Waals surface area contributed by atoms with Crippen LogP contribution in [0.3, 0.4) is 0 Å². The first kappa shape index (κ1) is 19.7. The van der Waals surface area contributed by atoms with E-state index in [0.29, 0.717) is 22.6 Å². The molecular weight excluding hydrogens is 420 g/mol. The van der Waals surface area contributed by atoms with Crippen molar-refractivity contribution in [1.29, 1.82) is 0 Å². The smallest absolute Gasteiger partial charge is 0.322 e. The molecule has 0 spiro atoms. The summed E-state index contributed by atoms with van der Waals surface area (Å²) in [6, 6.07) is 7.27. The number of H-pyrrole nitrogens is 1. The highest BCUT2D eigenvalue weighted by molar-refractivity contribution is 7.98. The second kappa shape index (κ2) is 7.68. The second-order valence-electron chi connectivity index (χ2n) is 6.74. The van der Waals surface area contributed by atoms with E-state index in [2.05, 4.69) is 10.3 Å². The van der Waals surface area contributed by atoms with Gasteiger partial charge in [-0.15, -0.1) is 0 Å². The van der Waals surface area contributed by atoms with Crippen LogP contribution in [0.1, 0.15) is 17.3 Å². The van der Waals surface area contributed by atoms with Gasteiger partial charge in [0.05, 0.1) is 16.5 Å². The first-order chi connectivity index (χ1) is 13.8. The van der Waals surface area contributed by atoms with Gasteiger partial charge in [0.2, 0.25) is 0 Å². The molecule has 0 bridgehead atoms. The van der Waals surface area contributed by atoms with Crippen LogP contribution in [0.25, 0.3) is 10.8 Å². The maximum Gasteiger partial charge on any atom is 0.322 e. The van der Waals surface area contributed by atoms with Crippen LogP contribution in [-0.2, 0) is 5.75 Å². The molecule has 9 heteroatoms. The zero-order valence-electron chi connectivity index (χ0n) is 15.3. The lowest BCUT2D eigenvalue weighted by atomic mass is 9.97. The number of carbonyl (C=O) groups is 1. The fourth-order valence-electron chi connectivity index (χ4n) is 3.46. The van der Waals surface area contributed by atoms with Crippen molar-refractivity contribution in [2.75, 3.05) is 18.1 Å². The molecule has 4 rings (SSSR count). The predicted octanol–water partition coefficient (Wildman–Crippen LogP) is 4.91. The fourth-order valence-corrected chi connectivity index (χ4v) is 4.80. The van der Waals surface area contributed by atoms with Crippen molar-refractivity contribution in [2.24, 2.45) is 0 Å². The lowest BCUT2D eigenvalue weighted by molar-refractivity contribution is 0.209. The van der Waals surface area contributed by atoms with Crippen molar-refractivity contribution in [2.45, 2.75) is 11.8 Å². The molecule has 0 saturated heterocycles.